The van der Waals surface area contributed by atoms with Crippen molar-refractivity contribution in [2.45, 2.75) is 19.3 Å². The van der Waals surface area contributed by atoms with Gasteiger partial charge in [0, 0.05) is 0 Å². The summed E-state index contributed by atoms with van der Waals surface area (Å²) in [5, 5.41) is 10.4. The van der Waals surface area contributed by atoms with E-state index in [4.69, 9.17) is 23.2 Å². The molecule has 0 heterocycles. The number of aliphatic carboxylic acids is 1. The van der Waals surface area contributed by atoms with Crippen molar-refractivity contribution in [3.8, 4) is 0 Å². The van der Waals surface area contributed by atoms with Gasteiger partial charge < -0.3 is 5.11 Å². The van der Waals surface area contributed by atoms with E-state index in [2.05, 4.69) is 0 Å². The van der Waals surface area contributed by atoms with Crippen molar-refractivity contribution in [3.05, 3.63) is 69.2 Å². The molecule has 1 atom stereocenters. The minimum atomic E-state index is -0.842. The predicted molar refractivity (Wildman–Crippen MR) is 81.7 cm³/mol. The molecule has 0 saturated heterocycles. The lowest BCUT2D eigenvalue weighted by Gasteiger charge is -2.15. The minimum absolute atomic E-state index is 0.386. The highest BCUT2D eigenvalue weighted by Gasteiger charge is 2.22. The minimum Gasteiger partial charge on any atom is -0.481 e. The van der Waals surface area contributed by atoms with Gasteiger partial charge in [0.1, 0.15) is 0 Å². The molecule has 0 aromatic heterocycles. The summed E-state index contributed by atoms with van der Waals surface area (Å²) in [6, 6.07) is 12.7. The molecule has 1 unspecified atom stereocenters. The van der Waals surface area contributed by atoms with E-state index >= 15 is 0 Å². The van der Waals surface area contributed by atoms with Crippen molar-refractivity contribution < 1.29 is 9.90 Å². The number of benzene rings is 2. The molecule has 0 amide bonds. The van der Waals surface area contributed by atoms with Crippen LogP contribution in [0.4, 0.5) is 0 Å². The third-order valence-corrected chi connectivity index (χ3v) is 4.02. The first-order valence-electron chi connectivity index (χ1n) is 6.21. The van der Waals surface area contributed by atoms with Crippen molar-refractivity contribution >= 4 is 29.2 Å². The van der Waals surface area contributed by atoms with Crippen LogP contribution in [-0.4, -0.2) is 11.1 Å². The number of hydrogen-bond acceptors (Lipinski definition) is 1. The number of carboxylic acid groups (broad SMARTS) is 1. The zero-order valence-corrected chi connectivity index (χ0v) is 12.4. The Hall–Kier alpha value is -1.51. The fourth-order valence-electron chi connectivity index (χ4n) is 2.21. The maximum atomic E-state index is 11.5. The van der Waals surface area contributed by atoms with Gasteiger partial charge in [0.25, 0.3) is 0 Å². The van der Waals surface area contributed by atoms with Gasteiger partial charge in [-0.15, -0.1) is 0 Å². The van der Waals surface area contributed by atoms with Crippen molar-refractivity contribution in [3.63, 3.8) is 0 Å². The average molecular weight is 309 g/mol. The molecule has 0 radical (unpaired) electrons. The number of halogens is 2. The summed E-state index contributed by atoms with van der Waals surface area (Å²) < 4.78 is 0. The van der Waals surface area contributed by atoms with E-state index in [1.807, 2.05) is 37.3 Å². The molecule has 0 aliphatic carbocycles. The van der Waals surface area contributed by atoms with Crippen LogP contribution in [0.5, 0.6) is 0 Å². The van der Waals surface area contributed by atoms with Crippen LogP contribution in [0, 0.1) is 6.92 Å². The molecule has 20 heavy (non-hydrogen) atoms. The Bertz CT molecular complexity index is 638. The first-order chi connectivity index (χ1) is 9.49. The van der Waals surface area contributed by atoms with E-state index < -0.39 is 11.9 Å². The Balaban J connectivity index is 2.33. The molecule has 104 valence electrons. The molecule has 0 fully saturated rings. The van der Waals surface area contributed by atoms with E-state index in [0.717, 1.165) is 16.7 Å². The Morgan fingerprint density at radius 2 is 1.85 bits per heavy atom. The molecule has 2 nitrogen and oxygen atoms in total. The summed E-state index contributed by atoms with van der Waals surface area (Å²) in [6.45, 7) is 1.92. The SMILES string of the molecule is Cc1ccccc1C(Cc1ccc(Cl)c(Cl)c1)C(=O)O. The van der Waals surface area contributed by atoms with Crippen LogP contribution in [0.15, 0.2) is 42.5 Å². The van der Waals surface area contributed by atoms with Crippen molar-refractivity contribution in [2.24, 2.45) is 0 Å². The number of hydrogen-bond donors (Lipinski definition) is 1. The largest absolute Gasteiger partial charge is 0.481 e. The number of carbonyl (C=O) groups is 1. The average Bonchev–Trinajstić information content (AvgIpc) is 2.41. The first kappa shape index (κ1) is 14.9. The highest BCUT2D eigenvalue weighted by atomic mass is 35.5. The molecule has 0 saturated carbocycles. The van der Waals surface area contributed by atoms with E-state index in [-0.39, 0.29) is 0 Å². The van der Waals surface area contributed by atoms with E-state index in [1.165, 1.54) is 0 Å². The summed E-state index contributed by atoms with van der Waals surface area (Å²) in [5.41, 5.74) is 2.65. The highest BCUT2D eigenvalue weighted by Crippen LogP contribution is 2.28. The summed E-state index contributed by atoms with van der Waals surface area (Å²) in [7, 11) is 0. The van der Waals surface area contributed by atoms with Crippen LogP contribution in [0.2, 0.25) is 10.0 Å². The molecule has 0 spiro atoms. The molecule has 0 aliphatic heterocycles. The second kappa shape index (κ2) is 6.29. The van der Waals surface area contributed by atoms with Crippen molar-refractivity contribution in [2.75, 3.05) is 0 Å². The number of rotatable bonds is 4. The smallest absolute Gasteiger partial charge is 0.311 e. The molecule has 4 heteroatoms. The lowest BCUT2D eigenvalue weighted by molar-refractivity contribution is -0.138. The molecule has 2 aromatic carbocycles. The number of carboxylic acids is 1. The molecule has 0 bridgehead atoms. The van der Waals surface area contributed by atoms with Crippen LogP contribution in [0.1, 0.15) is 22.6 Å². The zero-order chi connectivity index (χ0) is 14.7. The summed E-state index contributed by atoms with van der Waals surface area (Å²) in [6.07, 6.45) is 0.386. The van der Waals surface area contributed by atoms with E-state index in [0.29, 0.717) is 16.5 Å². The molecule has 1 N–H and O–H groups in total. The van der Waals surface area contributed by atoms with Crippen molar-refractivity contribution in [1.29, 1.82) is 0 Å². The summed E-state index contributed by atoms with van der Waals surface area (Å²) in [5.74, 6) is -1.43. The third-order valence-electron chi connectivity index (χ3n) is 3.29. The lowest BCUT2D eigenvalue weighted by atomic mass is 9.89. The second-order valence-electron chi connectivity index (χ2n) is 4.70. The number of aryl methyl sites for hydroxylation is 1. The summed E-state index contributed by atoms with van der Waals surface area (Å²) >= 11 is 11.8. The third kappa shape index (κ3) is 3.33. The van der Waals surface area contributed by atoms with Gasteiger partial charge in [0.05, 0.1) is 16.0 Å². The fourth-order valence-corrected chi connectivity index (χ4v) is 2.53. The quantitative estimate of drug-likeness (QED) is 0.888. The normalized spacial score (nSPS) is 12.2. The van der Waals surface area contributed by atoms with Crippen LogP contribution in [-0.2, 0) is 11.2 Å². The predicted octanol–water partition coefficient (Wildman–Crippen LogP) is 4.71. The van der Waals surface area contributed by atoms with Gasteiger partial charge in [-0.25, -0.2) is 0 Å². The van der Waals surface area contributed by atoms with E-state index in [1.54, 1.807) is 12.1 Å². The fraction of sp³-hybridized carbons (Fsp3) is 0.188. The standard InChI is InChI=1S/C16H14Cl2O2/c1-10-4-2-3-5-12(10)13(16(19)20)8-11-6-7-14(17)15(18)9-11/h2-7,9,13H,8H2,1H3,(H,19,20). The molecule has 2 aromatic rings. The van der Waals surface area contributed by atoms with Gasteiger partial charge in [-0.2, -0.15) is 0 Å². The topological polar surface area (TPSA) is 37.3 Å². The van der Waals surface area contributed by atoms with Gasteiger partial charge >= 0.3 is 5.97 Å². The van der Waals surface area contributed by atoms with Gasteiger partial charge in [-0.3, -0.25) is 4.79 Å². The Morgan fingerprint density at radius 3 is 2.45 bits per heavy atom. The Labute approximate surface area is 128 Å². The van der Waals surface area contributed by atoms with Gasteiger partial charge in [-0.1, -0.05) is 53.5 Å². The van der Waals surface area contributed by atoms with Crippen molar-refractivity contribution in [1.82, 2.24) is 0 Å². The van der Waals surface area contributed by atoms with Crippen LogP contribution in [0.3, 0.4) is 0 Å². The van der Waals surface area contributed by atoms with Gasteiger partial charge in [-0.05, 0) is 42.2 Å². The van der Waals surface area contributed by atoms with Crippen LogP contribution < -0.4 is 0 Å². The zero-order valence-electron chi connectivity index (χ0n) is 10.9. The Kier molecular flexibility index (Phi) is 4.69. The molecule has 2 rings (SSSR count). The maximum Gasteiger partial charge on any atom is 0.311 e. The maximum absolute atomic E-state index is 11.5. The van der Waals surface area contributed by atoms with E-state index in [9.17, 15) is 9.90 Å². The monoisotopic (exact) mass is 308 g/mol. The van der Waals surface area contributed by atoms with Gasteiger partial charge in [0.2, 0.25) is 0 Å². The first-order valence-corrected chi connectivity index (χ1v) is 6.97. The summed E-state index contributed by atoms with van der Waals surface area (Å²) in [4.78, 5) is 11.5. The van der Waals surface area contributed by atoms with Crippen LogP contribution >= 0.6 is 23.2 Å². The highest BCUT2D eigenvalue weighted by molar-refractivity contribution is 6.42. The Morgan fingerprint density at radius 1 is 1.15 bits per heavy atom. The van der Waals surface area contributed by atoms with Gasteiger partial charge in [0.15, 0.2) is 0 Å². The second-order valence-corrected chi connectivity index (χ2v) is 5.51. The molecular formula is C16H14Cl2O2. The lowest BCUT2D eigenvalue weighted by Crippen LogP contribution is -2.15. The molecular weight excluding hydrogens is 295 g/mol. The van der Waals surface area contributed by atoms with Crippen LogP contribution in [0.25, 0.3) is 0 Å². The molecule has 0 aliphatic rings.